The maximum Gasteiger partial charge on any atom is 0.0972 e. The molecule has 0 saturated carbocycles. The van der Waals surface area contributed by atoms with Crippen LogP contribution in [0.15, 0.2) is 126 Å². The summed E-state index contributed by atoms with van der Waals surface area (Å²) in [5, 5.41) is 11.9. The van der Waals surface area contributed by atoms with Crippen molar-refractivity contribution < 1.29 is 0 Å². The molecule has 0 amide bonds. The van der Waals surface area contributed by atoms with Crippen LogP contribution in [0.4, 0.5) is 0 Å². The normalized spacial score (nSPS) is 13.7. The van der Waals surface area contributed by atoms with Gasteiger partial charge in [0.05, 0.1) is 45.1 Å². The number of benzene rings is 4. The van der Waals surface area contributed by atoms with E-state index in [0.717, 1.165) is 77.6 Å². The Morgan fingerprint density at radius 1 is 0.581 bits per heavy atom. The Kier molecular flexibility index (Phi) is 5.94. The lowest BCUT2D eigenvalue weighted by Gasteiger charge is -2.19. The number of pyridine rings is 3. The van der Waals surface area contributed by atoms with Crippen LogP contribution >= 0.6 is 12.8 Å². The van der Waals surface area contributed by atoms with E-state index in [4.69, 9.17) is 20.4 Å². The molecule has 202 valence electrons. The van der Waals surface area contributed by atoms with Crippen LogP contribution in [0, 0.1) is 5.41 Å². The van der Waals surface area contributed by atoms with E-state index in [1.54, 1.807) is 0 Å². The predicted molar refractivity (Wildman–Crippen MR) is 181 cm³/mol. The van der Waals surface area contributed by atoms with Crippen molar-refractivity contribution in [1.82, 2.24) is 15.0 Å². The third-order valence-corrected chi connectivity index (χ3v) is 8.19. The van der Waals surface area contributed by atoms with E-state index >= 15 is 0 Å². The van der Waals surface area contributed by atoms with Gasteiger partial charge in [0.2, 0.25) is 0 Å². The molecule has 8 rings (SSSR count). The van der Waals surface area contributed by atoms with Crippen molar-refractivity contribution in [3.63, 3.8) is 0 Å². The predicted octanol–water partition coefficient (Wildman–Crippen LogP) is 9.01. The Bertz CT molecular complexity index is 2310. The molecule has 0 fully saturated rings. The molecule has 7 aromatic rings. The van der Waals surface area contributed by atoms with Crippen LogP contribution in [-0.4, -0.2) is 26.4 Å². The monoisotopic (exact) mass is 569 g/mol. The minimum absolute atomic E-state index is 0.334. The van der Waals surface area contributed by atoms with Crippen LogP contribution in [-0.2, 0) is 0 Å². The second-order valence-corrected chi connectivity index (χ2v) is 10.7. The maximum atomic E-state index is 8.96. The lowest BCUT2D eigenvalue weighted by Crippen LogP contribution is -2.18. The molecule has 0 saturated heterocycles. The molecule has 1 N–H and O–H groups in total. The standard InChI is InChI=1S/C37H23N5S/c38-34-31(42-43)20-17-28-33(34)27-16-13-26(21-32(27)41-35(28)23-9-5-2-6-10-23)30-19-15-25-12-11-24-14-18-29(22-7-3-1-4-8-22)39-36(24)37(25)40-30/h1-21,38,43H. The van der Waals surface area contributed by atoms with Gasteiger partial charge in [-0.25, -0.2) is 19.3 Å². The van der Waals surface area contributed by atoms with E-state index in [9.17, 15) is 0 Å². The van der Waals surface area contributed by atoms with Crippen molar-refractivity contribution in [3.05, 3.63) is 132 Å². The molecule has 0 bridgehead atoms. The van der Waals surface area contributed by atoms with Gasteiger partial charge in [-0.3, -0.25) is 5.41 Å². The number of fused-ring (bicyclic) bond motifs is 6. The average molecular weight is 570 g/mol. The molecule has 43 heavy (non-hydrogen) atoms. The average Bonchev–Trinajstić information content (AvgIpc) is 3.08. The number of nitrogens with one attached hydrogen (secondary N) is 1. The summed E-state index contributed by atoms with van der Waals surface area (Å²) in [7, 11) is 0. The maximum absolute atomic E-state index is 8.96. The number of nitrogens with zero attached hydrogens (tertiary/aromatic N) is 4. The van der Waals surface area contributed by atoms with Crippen LogP contribution in [0.5, 0.6) is 0 Å². The zero-order valence-electron chi connectivity index (χ0n) is 22.9. The van der Waals surface area contributed by atoms with Gasteiger partial charge in [-0.15, -0.1) is 0 Å². The smallest absolute Gasteiger partial charge is 0.0972 e. The van der Waals surface area contributed by atoms with Crippen molar-refractivity contribution >= 4 is 63.0 Å². The second kappa shape index (κ2) is 10.1. The first-order valence-corrected chi connectivity index (χ1v) is 14.4. The minimum atomic E-state index is 0.334. The van der Waals surface area contributed by atoms with Gasteiger partial charge >= 0.3 is 0 Å². The molecule has 0 spiro atoms. The van der Waals surface area contributed by atoms with E-state index in [-0.39, 0.29) is 0 Å². The third-order valence-electron chi connectivity index (χ3n) is 7.98. The van der Waals surface area contributed by atoms with Crippen molar-refractivity contribution in [2.75, 3.05) is 0 Å². The zero-order chi connectivity index (χ0) is 28.9. The first-order valence-electron chi connectivity index (χ1n) is 14.0. The molecule has 5 nitrogen and oxygen atoms in total. The molecule has 4 aromatic carbocycles. The number of hydrogen-bond donors (Lipinski definition) is 2. The summed E-state index contributed by atoms with van der Waals surface area (Å²) in [5.74, 6) is 0. The van der Waals surface area contributed by atoms with E-state index in [2.05, 4.69) is 71.8 Å². The second-order valence-electron chi connectivity index (χ2n) is 10.5. The summed E-state index contributed by atoms with van der Waals surface area (Å²) < 4.78 is 4.04. The van der Waals surface area contributed by atoms with Gasteiger partial charge in [-0.2, -0.15) is 0 Å². The van der Waals surface area contributed by atoms with Crippen LogP contribution in [0.3, 0.4) is 0 Å². The SMILES string of the molecule is N=C1C(=NS)C=Cc2c(-c3ccccc3)nc3cc(-c4ccc5ccc6ccc(-c7ccccc7)nc6c5n4)ccc3c21. The van der Waals surface area contributed by atoms with Gasteiger partial charge < -0.3 is 0 Å². The molecule has 6 heteroatoms. The summed E-state index contributed by atoms with van der Waals surface area (Å²) in [4.78, 5) is 15.3. The van der Waals surface area contributed by atoms with Crippen LogP contribution < -0.4 is 0 Å². The van der Waals surface area contributed by atoms with Gasteiger partial charge in [0.15, 0.2) is 0 Å². The molecular formula is C37H23N5S. The fourth-order valence-corrected chi connectivity index (χ4v) is 6.01. The molecule has 0 aliphatic heterocycles. The Balaban J connectivity index is 1.33. The van der Waals surface area contributed by atoms with Gasteiger partial charge in [-0.1, -0.05) is 97.1 Å². The van der Waals surface area contributed by atoms with Crippen LogP contribution in [0.1, 0.15) is 11.1 Å². The summed E-state index contributed by atoms with van der Waals surface area (Å²) in [6, 6.07) is 39.0. The summed E-state index contributed by atoms with van der Waals surface area (Å²) in [6.07, 6.45) is 3.81. The number of hydrogen-bond acceptors (Lipinski definition) is 6. The topological polar surface area (TPSA) is 74.9 Å². The van der Waals surface area contributed by atoms with Gasteiger partial charge in [-0.05, 0) is 43.2 Å². The van der Waals surface area contributed by atoms with Crippen molar-refractivity contribution in [1.29, 1.82) is 5.41 Å². The molecule has 0 atom stereocenters. The van der Waals surface area contributed by atoms with E-state index in [1.165, 1.54) is 0 Å². The fraction of sp³-hybridized carbons (Fsp3) is 0. The fourth-order valence-electron chi connectivity index (χ4n) is 5.84. The number of allylic oxidation sites excluding steroid dienone is 1. The molecule has 3 heterocycles. The summed E-state index contributed by atoms with van der Waals surface area (Å²) in [5.41, 5.74) is 10.7. The van der Waals surface area contributed by atoms with Crippen molar-refractivity contribution in [2.45, 2.75) is 0 Å². The van der Waals surface area contributed by atoms with E-state index in [0.29, 0.717) is 11.4 Å². The largest absolute Gasteiger partial charge is 0.298 e. The Labute approximate surface area is 253 Å². The van der Waals surface area contributed by atoms with Gasteiger partial charge in [0, 0.05) is 44.0 Å². The summed E-state index contributed by atoms with van der Waals surface area (Å²) >= 11 is 4.12. The number of rotatable bonds is 3. The van der Waals surface area contributed by atoms with Gasteiger partial charge in [0.1, 0.15) is 0 Å². The lowest BCUT2D eigenvalue weighted by atomic mass is 9.87. The highest BCUT2D eigenvalue weighted by Crippen LogP contribution is 2.36. The first-order chi connectivity index (χ1) is 21.2. The highest BCUT2D eigenvalue weighted by molar-refractivity contribution is 7.79. The van der Waals surface area contributed by atoms with E-state index < -0.39 is 0 Å². The third kappa shape index (κ3) is 4.23. The molecule has 0 unspecified atom stereocenters. The molecule has 3 aromatic heterocycles. The Hall–Kier alpha value is -5.46. The highest BCUT2D eigenvalue weighted by Gasteiger charge is 2.23. The molecule has 0 radical (unpaired) electrons. The lowest BCUT2D eigenvalue weighted by molar-refractivity contribution is 1.35. The Morgan fingerprint density at radius 3 is 1.84 bits per heavy atom. The molecular weight excluding hydrogens is 547 g/mol. The molecule has 1 aliphatic rings. The van der Waals surface area contributed by atoms with Crippen molar-refractivity contribution in [2.24, 2.45) is 4.40 Å². The van der Waals surface area contributed by atoms with Gasteiger partial charge in [0.25, 0.3) is 0 Å². The first kappa shape index (κ1) is 25.3. The van der Waals surface area contributed by atoms with Crippen LogP contribution in [0.2, 0.25) is 0 Å². The number of aromatic nitrogens is 3. The zero-order valence-corrected chi connectivity index (χ0v) is 23.8. The summed E-state index contributed by atoms with van der Waals surface area (Å²) in [6.45, 7) is 0. The Morgan fingerprint density at radius 2 is 1.19 bits per heavy atom. The molecule has 1 aliphatic carbocycles. The highest BCUT2D eigenvalue weighted by atomic mass is 32.1. The quantitative estimate of drug-likeness (QED) is 0.165. The van der Waals surface area contributed by atoms with Crippen molar-refractivity contribution in [3.8, 4) is 33.8 Å². The number of thiol groups is 1. The van der Waals surface area contributed by atoms with E-state index in [1.807, 2.05) is 72.8 Å². The minimum Gasteiger partial charge on any atom is -0.298 e. The van der Waals surface area contributed by atoms with Crippen LogP contribution in [0.25, 0.3) is 72.6 Å².